The van der Waals surface area contributed by atoms with Crippen molar-refractivity contribution in [2.45, 2.75) is 19.0 Å². The molecule has 1 aromatic heterocycles. The lowest BCUT2D eigenvalue weighted by Gasteiger charge is -2.12. The van der Waals surface area contributed by atoms with Gasteiger partial charge in [-0.05, 0) is 0 Å². The maximum absolute atomic E-state index is 11.4. The maximum Gasteiger partial charge on any atom is 0.326 e. The number of carbonyl (C=O) groups excluding carboxylic acids is 2. The average Bonchev–Trinajstić information content (AvgIpc) is 2.71. The topological polar surface area (TPSA) is 152 Å². The van der Waals surface area contributed by atoms with E-state index in [4.69, 9.17) is 10.8 Å². The second-order valence-electron chi connectivity index (χ2n) is 3.72. The van der Waals surface area contributed by atoms with E-state index >= 15 is 0 Å². The lowest BCUT2D eigenvalue weighted by Crippen LogP contribution is -2.47. The number of nitrogens with two attached hydrogens (primary N) is 1. The minimum atomic E-state index is -1.37. The first-order chi connectivity index (χ1) is 8.88. The molecule has 0 saturated heterocycles. The van der Waals surface area contributed by atoms with Gasteiger partial charge in [-0.3, -0.25) is 9.48 Å². The standard InChI is InChI=1S/C9H14N6O4/c1-15-4-12-7(14-15)3-11-9(19)13-5(8(17)18)2-6(10)16/h4-5H,2-3H2,1H3,(H2,10,16)(H,17,18)(H2,11,13,19)/t5-/m1/s1. The number of aryl methyl sites for hydroxylation is 1. The molecule has 0 aliphatic carbocycles. The molecule has 0 aliphatic rings. The quantitative estimate of drug-likeness (QED) is 0.466. The zero-order valence-electron chi connectivity index (χ0n) is 10.2. The Morgan fingerprint density at radius 2 is 2.21 bits per heavy atom. The van der Waals surface area contributed by atoms with Crippen molar-refractivity contribution in [3.05, 3.63) is 12.2 Å². The summed E-state index contributed by atoms with van der Waals surface area (Å²) in [5, 5.41) is 17.2. The molecule has 1 heterocycles. The molecule has 0 unspecified atom stereocenters. The SMILES string of the molecule is Cn1cnc(CNC(=O)N[C@H](CC(N)=O)C(=O)O)n1. The summed E-state index contributed by atoms with van der Waals surface area (Å²) < 4.78 is 1.46. The van der Waals surface area contributed by atoms with Gasteiger partial charge >= 0.3 is 12.0 Å². The van der Waals surface area contributed by atoms with Crippen LogP contribution in [-0.2, 0) is 23.2 Å². The Morgan fingerprint density at radius 1 is 1.53 bits per heavy atom. The van der Waals surface area contributed by atoms with E-state index < -0.39 is 30.4 Å². The number of hydrogen-bond donors (Lipinski definition) is 4. The minimum Gasteiger partial charge on any atom is -0.480 e. The lowest BCUT2D eigenvalue weighted by atomic mass is 10.2. The first-order valence-electron chi connectivity index (χ1n) is 5.28. The number of aromatic nitrogens is 3. The van der Waals surface area contributed by atoms with Gasteiger partial charge in [-0.2, -0.15) is 5.10 Å². The highest BCUT2D eigenvalue weighted by atomic mass is 16.4. The van der Waals surface area contributed by atoms with Gasteiger partial charge in [0.05, 0.1) is 13.0 Å². The Labute approximate surface area is 108 Å². The molecule has 10 heteroatoms. The number of aliphatic carboxylic acids is 1. The first kappa shape index (κ1) is 14.4. The number of primary amides is 1. The summed E-state index contributed by atoms with van der Waals surface area (Å²) in [7, 11) is 1.67. The molecule has 10 nitrogen and oxygen atoms in total. The molecule has 1 aromatic rings. The Balaban J connectivity index is 2.44. The van der Waals surface area contributed by atoms with Crippen molar-refractivity contribution in [2.24, 2.45) is 12.8 Å². The number of urea groups is 1. The highest BCUT2D eigenvalue weighted by Crippen LogP contribution is 1.92. The van der Waals surface area contributed by atoms with Gasteiger partial charge in [-0.1, -0.05) is 0 Å². The summed E-state index contributed by atoms with van der Waals surface area (Å²) in [6, 6.07) is -2.12. The van der Waals surface area contributed by atoms with Gasteiger partial charge < -0.3 is 21.5 Å². The summed E-state index contributed by atoms with van der Waals surface area (Å²) in [6.07, 6.45) is 0.979. The van der Waals surface area contributed by atoms with E-state index in [9.17, 15) is 14.4 Å². The number of nitrogens with one attached hydrogen (secondary N) is 2. The van der Waals surface area contributed by atoms with Gasteiger partial charge in [-0.25, -0.2) is 14.6 Å². The van der Waals surface area contributed by atoms with Crippen LogP contribution >= 0.6 is 0 Å². The highest BCUT2D eigenvalue weighted by molar-refractivity contribution is 5.87. The number of carbonyl (C=O) groups is 3. The molecule has 0 aliphatic heterocycles. The zero-order chi connectivity index (χ0) is 14.4. The highest BCUT2D eigenvalue weighted by Gasteiger charge is 2.21. The van der Waals surface area contributed by atoms with Crippen molar-refractivity contribution >= 4 is 17.9 Å². The van der Waals surface area contributed by atoms with Gasteiger partial charge in [-0.15, -0.1) is 0 Å². The van der Waals surface area contributed by atoms with E-state index in [0.717, 1.165) is 0 Å². The zero-order valence-corrected chi connectivity index (χ0v) is 10.2. The third-order valence-corrected chi connectivity index (χ3v) is 2.06. The van der Waals surface area contributed by atoms with Crippen LogP contribution < -0.4 is 16.4 Å². The Hall–Kier alpha value is -2.65. The van der Waals surface area contributed by atoms with E-state index in [1.165, 1.54) is 11.0 Å². The van der Waals surface area contributed by atoms with Crippen LogP contribution in [0, 0.1) is 0 Å². The summed E-state index contributed by atoms with van der Waals surface area (Å²) in [6.45, 7) is 0.0373. The van der Waals surface area contributed by atoms with Crippen molar-refractivity contribution in [3.63, 3.8) is 0 Å². The van der Waals surface area contributed by atoms with E-state index in [1.807, 2.05) is 0 Å². The van der Waals surface area contributed by atoms with Crippen molar-refractivity contribution < 1.29 is 19.5 Å². The van der Waals surface area contributed by atoms with Crippen LogP contribution in [0.5, 0.6) is 0 Å². The molecule has 0 fully saturated rings. The molecule has 0 spiro atoms. The number of nitrogens with zero attached hydrogens (tertiary/aromatic N) is 3. The van der Waals surface area contributed by atoms with Crippen LogP contribution in [0.2, 0.25) is 0 Å². The summed E-state index contributed by atoms with van der Waals surface area (Å²) in [4.78, 5) is 36.7. The lowest BCUT2D eigenvalue weighted by molar-refractivity contribution is -0.140. The predicted molar refractivity (Wildman–Crippen MR) is 61.6 cm³/mol. The first-order valence-corrected chi connectivity index (χ1v) is 5.28. The van der Waals surface area contributed by atoms with Crippen molar-refractivity contribution in [3.8, 4) is 0 Å². The van der Waals surface area contributed by atoms with Crippen LogP contribution in [-0.4, -0.2) is 43.8 Å². The third-order valence-electron chi connectivity index (χ3n) is 2.06. The Kier molecular flexibility index (Phi) is 4.80. The number of carboxylic acid groups (broad SMARTS) is 1. The average molecular weight is 270 g/mol. The van der Waals surface area contributed by atoms with E-state index in [2.05, 4.69) is 20.7 Å². The fraction of sp³-hybridized carbons (Fsp3) is 0.444. The second-order valence-corrected chi connectivity index (χ2v) is 3.72. The maximum atomic E-state index is 11.4. The molecule has 19 heavy (non-hydrogen) atoms. The van der Waals surface area contributed by atoms with E-state index in [1.54, 1.807) is 7.05 Å². The predicted octanol–water partition coefficient (Wildman–Crippen LogP) is -2.06. The monoisotopic (exact) mass is 270 g/mol. The van der Waals surface area contributed by atoms with Crippen molar-refractivity contribution in [2.75, 3.05) is 0 Å². The molecule has 5 N–H and O–H groups in total. The summed E-state index contributed by atoms with van der Waals surface area (Å²) in [5.74, 6) is -1.79. The minimum absolute atomic E-state index is 0.0373. The second kappa shape index (κ2) is 6.33. The Bertz CT molecular complexity index is 485. The number of amides is 3. The number of hydrogen-bond acceptors (Lipinski definition) is 5. The number of carboxylic acids is 1. The molecule has 0 radical (unpaired) electrons. The molecule has 0 aromatic carbocycles. The fourth-order valence-corrected chi connectivity index (χ4v) is 1.23. The molecule has 1 rings (SSSR count). The van der Waals surface area contributed by atoms with Crippen LogP contribution in [0.4, 0.5) is 4.79 Å². The van der Waals surface area contributed by atoms with Crippen LogP contribution in [0.3, 0.4) is 0 Å². The molecular weight excluding hydrogens is 256 g/mol. The summed E-state index contributed by atoms with van der Waals surface area (Å²) in [5.41, 5.74) is 4.88. The van der Waals surface area contributed by atoms with E-state index in [-0.39, 0.29) is 6.54 Å². The van der Waals surface area contributed by atoms with Crippen LogP contribution in [0.25, 0.3) is 0 Å². The number of rotatable bonds is 6. The van der Waals surface area contributed by atoms with E-state index in [0.29, 0.717) is 5.82 Å². The van der Waals surface area contributed by atoms with Crippen LogP contribution in [0.1, 0.15) is 12.2 Å². The Morgan fingerprint density at radius 3 is 2.68 bits per heavy atom. The summed E-state index contributed by atoms with van der Waals surface area (Å²) >= 11 is 0. The largest absolute Gasteiger partial charge is 0.480 e. The van der Waals surface area contributed by atoms with Crippen molar-refractivity contribution in [1.82, 2.24) is 25.4 Å². The van der Waals surface area contributed by atoms with Crippen LogP contribution in [0.15, 0.2) is 6.33 Å². The third kappa shape index (κ3) is 5.02. The molecule has 0 bridgehead atoms. The smallest absolute Gasteiger partial charge is 0.326 e. The van der Waals surface area contributed by atoms with Gasteiger partial charge in [0.15, 0.2) is 5.82 Å². The molecule has 3 amide bonds. The molecule has 1 atom stereocenters. The van der Waals surface area contributed by atoms with Crippen molar-refractivity contribution in [1.29, 1.82) is 0 Å². The normalized spacial score (nSPS) is 11.6. The molecule has 104 valence electrons. The van der Waals surface area contributed by atoms with Gasteiger partial charge in [0.1, 0.15) is 12.4 Å². The molecule has 0 saturated carbocycles. The fourth-order valence-electron chi connectivity index (χ4n) is 1.23. The van der Waals surface area contributed by atoms with Gasteiger partial charge in [0.25, 0.3) is 0 Å². The molecular formula is C9H14N6O4. The van der Waals surface area contributed by atoms with Gasteiger partial charge in [0, 0.05) is 7.05 Å². The van der Waals surface area contributed by atoms with Gasteiger partial charge in [0.2, 0.25) is 5.91 Å².